The summed E-state index contributed by atoms with van der Waals surface area (Å²) in [6, 6.07) is 1.92. The van der Waals surface area contributed by atoms with Crippen LogP contribution in [0.5, 0.6) is 0 Å². The number of hydrazone groups is 1. The molecule has 0 aliphatic carbocycles. The quantitative estimate of drug-likeness (QED) is 0.260. The van der Waals surface area contributed by atoms with Gasteiger partial charge in [-0.2, -0.15) is 10.1 Å². The van der Waals surface area contributed by atoms with Crippen LogP contribution in [0.15, 0.2) is 28.6 Å². The molecule has 12 nitrogen and oxygen atoms in total. The third kappa shape index (κ3) is 4.96. The Kier molecular flexibility index (Phi) is 6.48. The third-order valence-corrected chi connectivity index (χ3v) is 2.58. The van der Waals surface area contributed by atoms with Crippen LogP contribution < -0.4 is 5.43 Å². The Labute approximate surface area is 133 Å². The minimum Gasteiger partial charge on any atom is -0.258 e. The molecule has 0 aliphatic rings. The van der Waals surface area contributed by atoms with Gasteiger partial charge in [0.2, 0.25) is 0 Å². The Bertz CT molecular complexity index is 665. The van der Waals surface area contributed by atoms with E-state index >= 15 is 0 Å². The first-order chi connectivity index (χ1) is 10.9. The Balaban J connectivity index is 2.91. The normalized spacial score (nSPS) is 10.3. The van der Waals surface area contributed by atoms with E-state index in [1.54, 1.807) is 0 Å². The molecular formula is C10H9ClN6O6. The molecule has 13 heteroatoms. The van der Waals surface area contributed by atoms with E-state index in [4.69, 9.17) is 11.6 Å². The summed E-state index contributed by atoms with van der Waals surface area (Å²) in [4.78, 5) is 41.7. The number of halogens is 1. The first-order valence-corrected chi connectivity index (χ1v) is 6.36. The van der Waals surface area contributed by atoms with Gasteiger partial charge in [-0.05, 0) is 6.07 Å². The number of non-ortho nitro benzene ring substituents is 1. The van der Waals surface area contributed by atoms with Gasteiger partial charge in [0.25, 0.3) is 11.4 Å². The highest BCUT2D eigenvalue weighted by Crippen LogP contribution is 2.23. The number of nitro groups is 2. The number of amides is 2. The summed E-state index contributed by atoms with van der Waals surface area (Å²) in [5.74, 6) is -0.0311. The Morgan fingerprint density at radius 1 is 1.35 bits per heavy atom. The zero-order chi connectivity index (χ0) is 17.4. The van der Waals surface area contributed by atoms with Crippen molar-refractivity contribution >= 4 is 35.2 Å². The molecule has 0 fully saturated rings. The van der Waals surface area contributed by atoms with E-state index in [0.717, 1.165) is 24.4 Å². The van der Waals surface area contributed by atoms with E-state index in [9.17, 15) is 29.9 Å². The van der Waals surface area contributed by atoms with E-state index in [-0.39, 0.29) is 18.0 Å². The summed E-state index contributed by atoms with van der Waals surface area (Å²) < 4.78 is 0. The molecular weight excluding hydrogens is 336 g/mol. The lowest BCUT2D eigenvalue weighted by Gasteiger charge is -2.09. The topological polar surface area (TPSA) is 160 Å². The van der Waals surface area contributed by atoms with Crippen LogP contribution in [0.3, 0.4) is 0 Å². The van der Waals surface area contributed by atoms with Crippen molar-refractivity contribution in [3.05, 3.63) is 48.9 Å². The molecule has 1 aromatic rings. The van der Waals surface area contributed by atoms with E-state index in [1.165, 1.54) is 0 Å². The summed E-state index contributed by atoms with van der Waals surface area (Å²) in [6.07, 6.45) is 0.906. The fraction of sp³-hybridized carbons (Fsp3) is 0.200. The summed E-state index contributed by atoms with van der Waals surface area (Å²) in [7, 11) is 0. The summed E-state index contributed by atoms with van der Waals surface area (Å²) in [5.41, 5.74) is 0.810. The molecule has 0 spiro atoms. The highest BCUT2D eigenvalue weighted by molar-refractivity contribution is 6.18. The van der Waals surface area contributed by atoms with Crippen molar-refractivity contribution in [2.75, 3.05) is 12.4 Å². The molecule has 0 radical (unpaired) electrons. The minimum atomic E-state index is -0.985. The predicted molar refractivity (Wildman–Crippen MR) is 79.1 cm³/mol. The lowest BCUT2D eigenvalue weighted by Crippen LogP contribution is -2.34. The summed E-state index contributed by atoms with van der Waals surface area (Å²) >= 11 is 5.36. The van der Waals surface area contributed by atoms with Gasteiger partial charge in [0.1, 0.15) is 0 Å². The molecule has 0 aliphatic heterocycles. The maximum Gasteiger partial charge on any atom is 0.360 e. The van der Waals surface area contributed by atoms with Crippen LogP contribution in [-0.2, 0) is 0 Å². The minimum absolute atomic E-state index is 0.0311. The van der Waals surface area contributed by atoms with Crippen LogP contribution in [0.2, 0.25) is 0 Å². The van der Waals surface area contributed by atoms with Crippen LogP contribution >= 0.6 is 11.6 Å². The molecule has 0 atom stereocenters. The number of nitroso groups, excluding NO2 is 1. The molecule has 1 N–H and O–H groups in total. The number of hydrogen-bond acceptors (Lipinski definition) is 8. The number of carbonyl (C=O) groups excluding carboxylic acids is 1. The molecule has 0 saturated carbocycles. The Morgan fingerprint density at radius 3 is 2.57 bits per heavy atom. The number of carbonyl (C=O) groups is 1. The Morgan fingerprint density at radius 2 is 2.04 bits per heavy atom. The van der Waals surface area contributed by atoms with Gasteiger partial charge >= 0.3 is 6.03 Å². The van der Waals surface area contributed by atoms with Gasteiger partial charge in [-0.3, -0.25) is 20.2 Å². The van der Waals surface area contributed by atoms with Gasteiger partial charge in [0.15, 0.2) is 0 Å². The summed E-state index contributed by atoms with van der Waals surface area (Å²) in [6.45, 7) is -0.149. The predicted octanol–water partition coefficient (Wildman–Crippen LogP) is 1.77. The molecule has 122 valence electrons. The van der Waals surface area contributed by atoms with Gasteiger partial charge in [-0.1, -0.05) is 0 Å². The van der Waals surface area contributed by atoms with Gasteiger partial charge in [-0.25, -0.2) is 10.2 Å². The second-order valence-electron chi connectivity index (χ2n) is 3.83. The lowest BCUT2D eigenvalue weighted by molar-refractivity contribution is -0.394. The molecule has 0 unspecified atom stereocenters. The largest absolute Gasteiger partial charge is 0.360 e. The van der Waals surface area contributed by atoms with Crippen molar-refractivity contribution in [1.29, 1.82) is 0 Å². The van der Waals surface area contributed by atoms with Gasteiger partial charge in [0.05, 0.1) is 39.5 Å². The van der Waals surface area contributed by atoms with Crippen molar-refractivity contribution in [3.8, 4) is 0 Å². The lowest BCUT2D eigenvalue weighted by atomic mass is 10.2. The number of alkyl halides is 1. The van der Waals surface area contributed by atoms with Gasteiger partial charge < -0.3 is 0 Å². The Hall–Kier alpha value is -3.15. The van der Waals surface area contributed by atoms with Crippen LogP contribution in [-0.4, -0.2) is 39.5 Å². The van der Waals surface area contributed by atoms with Gasteiger partial charge in [-0.15, -0.1) is 16.5 Å². The molecule has 0 saturated heterocycles. The molecule has 0 bridgehead atoms. The average Bonchev–Trinajstić information content (AvgIpc) is 2.52. The van der Waals surface area contributed by atoms with Gasteiger partial charge in [0, 0.05) is 11.9 Å². The zero-order valence-corrected chi connectivity index (χ0v) is 12.0. The van der Waals surface area contributed by atoms with E-state index < -0.39 is 27.3 Å². The molecule has 1 aromatic carbocycles. The highest BCUT2D eigenvalue weighted by Gasteiger charge is 2.18. The number of hydrogen-bond donors (Lipinski definition) is 1. The van der Waals surface area contributed by atoms with E-state index in [0.29, 0.717) is 5.01 Å². The third-order valence-electron chi connectivity index (χ3n) is 2.41. The number of nitrogens with one attached hydrogen (secondary N) is 1. The van der Waals surface area contributed by atoms with E-state index in [1.807, 2.05) is 5.43 Å². The fourth-order valence-corrected chi connectivity index (χ4v) is 1.55. The van der Waals surface area contributed by atoms with Crippen molar-refractivity contribution in [2.24, 2.45) is 10.4 Å². The number of nitrogens with zero attached hydrogens (tertiary/aromatic N) is 5. The maximum atomic E-state index is 11.4. The number of nitro benzene ring substituents is 2. The second-order valence-corrected chi connectivity index (χ2v) is 4.20. The van der Waals surface area contributed by atoms with E-state index in [2.05, 4.69) is 10.4 Å². The average molecular weight is 345 g/mol. The van der Waals surface area contributed by atoms with Crippen LogP contribution in [0.25, 0.3) is 0 Å². The monoisotopic (exact) mass is 344 g/mol. The first-order valence-electron chi connectivity index (χ1n) is 5.83. The second kappa shape index (κ2) is 8.33. The SMILES string of the molecule is O=NN(CCCl)C(=O)NN=Cc1ccc([N+](=O)[O-])cc1[N+](=O)[O-]. The zero-order valence-electron chi connectivity index (χ0n) is 11.3. The molecule has 2 amide bonds. The molecule has 23 heavy (non-hydrogen) atoms. The molecule has 0 heterocycles. The number of urea groups is 1. The van der Waals surface area contributed by atoms with Crippen LogP contribution in [0.4, 0.5) is 16.2 Å². The van der Waals surface area contributed by atoms with Crippen molar-refractivity contribution in [1.82, 2.24) is 10.4 Å². The number of rotatable bonds is 7. The highest BCUT2D eigenvalue weighted by atomic mass is 35.5. The maximum absolute atomic E-state index is 11.4. The standard InChI is InChI=1S/C10H9ClN6O6/c11-3-4-15(14-19)10(18)13-12-6-7-1-2-8(16(20)21)5-9(7)17(22)23/h1-2,5-6H,3-4H2,(H,13,18). The summed E-state index contributed by atoms with van der Waals surface area (Å²) in [5, 5.41) is 27.8. The number of benzene rings is 1. The van der Waals surface area contributed by atoms with Crippen LogP contribution in [0.1, 0.15) is 5.56 Å². The fourth-order valence-electron chi connectivity index (χ4n) is 1.39. The van der Waals surface area contributed by atoms with Crippen molar-refractivity contribution in [2.45, 2.75) is 0 Å². The van der Waals surface area contributed by atoms with Crippen LogP contribution in [0, 0.1) is 25.1 Å². The van der Waals surface area contributed by atoms with Crippen molar-refractivity contribution in [3.63, 3.8) is 0 Å². The molecule has 0 aromatic heterocycles. The molecule has 1 rings (SSSR count). The van der Waals surface area contributed by atoms with Crippen molar-refractivity contribution < 1.29 is 14.6 Å². The first kappa shape index (κ1) is 17.9. The smallest absolute Gasteiger partial charge is 0.258 e.